The highest BCUT2D eigenvalue weighted by Crippen LogP contribution is 2.15. The van der Waals surface area contributed by atoms with Crippen LogP contribution in [0.15, 0.2) is 0 Å². The van der Waals surface area contributed by atoms with Crippen LogP contribution in [0.5, 0.6) is 0 Å². The molecule has 0 N–H and O–H groups in total. The second-order valence-corrected chi connectivity index (χ2v) is 10.8. The molecule has 0 saturated heterocycles. The van der Waals surface area contributed by atoms with Crippen molar-refractivity contribution in [3.8, 4) is 0 Å². The third-order valence-corrected chi connectivity index (χ3v) is 10.2. The van der Waals surface area contributed by atoms with Crippen molar-refractivity contribution in [2.75, 3.05) is 4.05 Å². The van der Waals surface area contributed by atoms with Gasteiger partial charge in [0.2, 0.25) is 0 Å². The molecule has 0 rings (SSSR count). The zero-order chi connectivity index (χ0) is 7.33. The van der Waals surface area contributed by atoms with E-state index in [4.69, 9.17) is 0 Å². The summed E-state index contributed by atoms with van der Waals surface area (Å²) in [5.74, 6) is 0. The van der Waals surface area contributed by atoms with Crippen LogP contribution in [0.2, 0.25) is 19.1 Å². The number of hydrogen-bond acceptors (Lipinski definition) is 0. The molecule has 0 aromatic rings. The van der Waals surface area contributed by atoms with Crippen LogP contribution in [0, 0.1) is 0 Å². The fourth-order valence-corrected chi connectivity index (χ4v) is 3.31. The van der Waals surface area contributed by atoms with Gasteiger partial charge in [-0.3, -0.25) is 0 Å². The third kappa shape index (κ3) is 5.39. The van der Waals surface area contributed by atoms with E-state index in [-0.39, 0.29) is 0 Å². The van der Waals surface area contributed by atoms with Crippen molar-refractivity contribution in [1.82, 2.24) is 0 Å². The average molecular weight is 256 g/mol. The molecular formula is C7H17ISi. The van der Waals surface area contributed by atoms with E-state index in [1.165, 1.54) is 22.9 Å². The quantitative estimate of drug-likeness (QED) is 0.410. The molecule has 0 radical (unpaired) electrons. The monoisotopic (exact) mass is 256 g/mol. The first kappa shape index (κ1) is 9.95. The van der Waals surface area contributed by atoms with Gasteiger partial charge in [-0.1, -0.05) is 61.5 Å². The minimum absolute atomic E-state index is 0.712. The molecule has 56 valence electrons. The first-order chi connectivity index (χ1) is 4.12. The Morgan fingerprint density at radius 3 is 2.22 bits per heavy atom. The van der Waals surface area contributed by atoms with Gasteiger partial charge < -0.3 is 0 Å². The second kappa shape index (κ2) is 4.72. The smallest absolute Gasteiger partial charge is 0.0578 e. The lowest BCUT2D eigenvalue weighted by molar-refractivity contribution is 0.868. The highest BCUT2D eigenvalue weighted by Gasteiger charge is 2.16. The Morgan fingerprint density at radius 1 is 1.33 bits per heavy atom. The van der Waals surface area contributed by atoms with Crippen LogP contribution in [0.1, 0.15) is 19.8 Å². The first-order valence-electron chi connectivity index (χ1n) is 3.68. The molecule has 0 aliphatic rings. The second-order valence-electron chi connectivity index (χ2n) is 3.40. The first-order valence-corrected chi connectivity index (χ1v) is 8.62. The maximum Gasteiger partial charge on any atom is 0.0578 e. The van der Waals surface area contributed by atoms with Crippen LogP contribution in [0.4, 0.5) is 0 Å². The fourth-order valence-electron chi connectivity index (χ4n) is 0.722. The summed E-state index contributed by atoms with van der Waals surface area (Å²) in [5, 5.41) is 0. The van der Waals surface area contributed by atoms with Crippen molar-refractivity contribution in [2.24, 2.45) is 0 Å². The molecule has 0 amide bonds. The van der Waals surface area contributed by atoms with Gasteiger partial charge in [-0.05, 0) is 4.05 Å². The molecule has 0 aromatic carbocycles. The van der Waals surface area contributed by atoms with Gasteiger partial charge in [-0.25, -0.2) is 0 Å². The minimum Gasteiger partial charge on any atom is -0.0897 e. The van der Waals surface area contributed by atoms with E-state index >= 15 is 0 Å². The van der Waals surface area contributed by atoms with Gasteiger partial charge in [0.05, 0.1) is 8.07 Å². The molecule has 0 heterocycles. The predicted molar refractivity (Wildman–Crippen MR) is 56.1 cm³/mol. The van der Waals surface area contributed by atoms with Crippen molar-refractivity contribution in [2.45, 2.75) is 38.9 Å². The van der Waals surface area contributed by atoms with E-state index in [0.29, 0.717) is 0 Å². The predicted octanol–water partition coefficient (Wildman–Crippen LogP) is 3.47. The molecule has 9 heavy (non-hydrogen) atoms. The van der Waals surface area contributed by atoms with Crippen LogP contribution in [-0.2, 0) is 0 Å². The molecule has 0 unspecified atom stereocenters. The van der Waals surface area contributed by atoms with Crippen molar-refractivity contribution < 1.29 is 0 Å². The van der Waals surface area contributed by atoms with Crippen LogP contribution in [0.3, 0.4) is 0 Å². The zero-order valence-electron chi connectivity index (χ0n) is 6.71. The van der Waals surface area contributed by atoms with Gasteiger partial charge in [0.15, 0.2) is 0 Å². The molecular weight excluding hydrogens is 239 g/mol. The Bertz CT molecular complexity index is 71.3. The summed E-state index contributed by atoms with van der Waals surface area (Å²) >= 11 is 2.53. The van der Waals surface area contributed by atoms with Gasteiger partial charge in [-0.2, -0.15) is 0 Å². The lowest BCUT2D eigenvalue weighted by Crippen LogP contribution is -2.27. The van der Waals surface area contributed by atoms with Gasteiger partial charge in [-0.15, -0.1) is 0 Å². The average Bonchev–Trinajstić information content (AvgIpc) is 1.84. The minimum atomic E-state index is -0.712. The molecule has 0 fully saturated rings. The van der Waals surface area contributed by atoms with Gasteiger partial charge in [0.1, 0.15) is 0 Å². The van der Waals surface area contributed by atoms with Gasteiger partial charge >= 0.3 is 0 Å². The highest BCUT2D eigenvalue weighted by molar-refractivity contribution is 14.1. The third-order valence-electron chi connectivity index (χ3n) is 1.57. The summed E-state index contributed by atoms with van der Waals surface area (Å²) in [5.41, 5.74) is 0. The Labute approximate surface area is 73.6 Å². The summed E-state index contributed by atoms with van der Waals surface area (Å²) in [4.78, 5) is 0. The van der Waals surface area contributed by atoms with E-state index in [0.717, 1.165) is 0 Å². The lowest BCUT2D eigenvalue weighted by atomic mass is 10.4. The van der Waals surface area contributed by atoms with Gasteiger partial charge in [0, 0.05) is 0 Å². The summed E-state index contributed by atoms with van der Waals surface area (Å²) in [6.45, 7) is 7.24. The molecule has 0 aliphatic carbocycles. The Balaban J connectivity index is 3.33. The number of hydrogen-bond donors (Lipinski definition) is 0. The molecule has 0 saturated carbocycles. The molecule has 0 aromatic heterocycles. The topological polar surface area (TPSA) is 0 Å². The molecule has 0 aliphatic heterocycles. The lowest BCUT2D eigenvalue weighted by Gasteiger charge is -2.17. The maximum absolute atomic E-state index is 2.53. The zero-order valence-corrected chi connectivity index (χ0v) is 9.86. The van der Waals surface area contributed by atoms with E-state index in [2.05, 4.69) is 42.6 Å². The highest BCUT2D eigenvalue weighted by atomic mass is 127. The molecule has 0 nitrogen and oxygen atoms in total. The standard InChI is InChI=1S/C7H17ISi/c1-4-5-6-9(2,3)7-8/h4-7H2,1-3H3. The Kier molecular flexibility index (Phi) is 5.21. The van der Waals surface area contributed by atoms with Crippen molar-refractivity contribution >= 4 is 30.7 Å². The summed E-state index contributed by atoms with van der Waals surface area (Å²) in [7, 11) is -0.712. The normalized spacial score (nSPS) is 12.0. The summed E-state index contributed by atoms with van der Waals surface area (Å²) in [6.07, 6.45) is 2.81. The van der Waals surface area contributed by atoms with Crippen LogP contribution in [0.25, 0.3) is 0 Å². The number of unbranched alkanes of at least 4 members (excludes halogenated alkanes) is 1. The van der Waals surface area contributed by atoms with Crippen molar-refractivity contribution in [1.29, 1.82) is 0 Å². The largest absolute Gasteiger partial charge is 0.0897 e. The Morgan fingerprint density at radius 2 is 1.89 bits per heavy atom. The molecule has 2 heteroatoms. The summed E-state index contributed by atoms with van der Waals surface area (Å²) in [6, 6.07) is 1.52. The van der Waals surface area contributed by atoms with E-state index < -0.39 is 8.07 Å². The van der Waals surface area contributed by atoms with Crippen molar-refractivity contribution in [3.63, 3.8) is 0 Å². The summed E-state index contributed by atoms with van der Waals surface area (Å²) < 4.78 is 1.42. The van der Waals surface area contributed by atoms with E-state index in [1.807, 2.05) is 0 Å². The number of alkyl halides is 1. The molecule has 0 spiro atoms. The molecule has 0 bridgehead atoms. The van der Waals surface area contributed by atoms with Crippen LogP contribution >= 0.6 is 22.6 Å². The van der Waals surface area contributed by atoms with Crippen LogP contribution in [-0.4, -0.2) is 12.1 Å². The van der Waals surface area contributed by atoms with Crippen molar-refractivity contribution in [3.05, 3.63) is 0 Å². The van der Waals surface area contributed by atoms with Gasteiger partial charge in [0.25, 0.3) is 0 Å². The van der Waals surface area contributed by atoms with E-state index in [9.17, 15) is 0 Å². The molecule has 0 atom stereocenters. The number of rotatable bonds is 4. The SMILES string of the molecule is CCCC[Si](C)(C)CI. The fraction of sp³-hybridized carbons (Fsp3) is 1.00. The Hall–Kier alpha value is 0.947. The maximum atomic E-state index is 2.53. The number of halogens is 1. The van der Waals surface area contributed by atoms with Crippen LogP contribution < -0.4 is 0 Å². The van der Waals surface area contributed by atoms with E-state index in [1.54, 1.807) is 0 Å².